The van der Waals surface area contributed by atoms with Crippen LogP contribution in [0.3, 0.4) is 0 Å². The quantitative estimate of drug-likeness (QED) is 0.384. The average molecular weight is 355 g/mol. The normalized spacial score (nSPS) is 11.9. The van der Waals surface area contributed by atoms with E-state index in [4.69, 9.17) is 9.40 Å². The van der Waals surface area contributed by atoms with Gasteiger partial charge in [-0.1, -0.05) is 62.7 Å². The van der Waals surface area contributed by atoms with E-state index in [-0.39, 0.29) is 5.41 Å². The summed E-state index contributed by atoms with van der Waals surface area (Å²) in [6.07, 6.45) is 1.85. The molecule has 2 heterocycles. The van der Waals surface area contributed by atoms with Gasteiger partial charge in [0.15, 0.2) is 5.58 Å². The summed E-state index contributed by atoms with van der Waals surface area (Å²) in [6, 6.07) is 19.1. The van der Waals surface area contributed by atoms with Crippen LogP contribution in [0.2, 0.25) is 0 Å². The van der Waals surface area contributed by atoms with Crippen molar-refractivity contribution >= 4 is 11.0 Å². The van der Waals surface area contributed by atoms with E-state index >= 15 is 0 Å². The standard InChI is InChI=1S/C25H25NO/c1-16-11-19(13-20(12-16)25(3,4)5)22-14-21-17(2)24(27-23(21)15-26-22)18-9-7-6-8-10-18/h6-15H,1-5H3. The van der Waals surface area contributed by atoms with Crippen LogP contribution in [0.5, 0.6) is 0 Å². The van der Waals surface area contributed by atoms with Crippen molar-refractivity contribution in [1.82, 2.24) is 4.98 Å². The van der Waals surface area contributed by atoms with Gasteiger partial charge in [-0.2, -0.15) is 0 Å². The molecule has 0 saturated carbocycles. The van der Waals surface area contributed by atoms with Crippen LogP contribution in [0.1, 0.15) is 37.5 Å². The Morgan fingerprint density at radius 1 is 0.852 bits per heavy atom. The van der Waals surface area contributed by atoms with Gasteiger partial charge in [-0.05, 0) is 43.0 Å². The molecule has 0 N–H and O–H groups in total. The maximum Gasteiger partial charge on any atom is 0.153 e. The van der Waals surface area contributed by atoms with E-state index in [1.807, 2.05) is 24.4 Å². The van der Waals surface area contributed by atoms with Crippen molar-refractivity contribution in [3.63, 3.8) is 0 Å². The van der Waals surface area contributed by atoms with Gasteiger partial charge in [0.05, 0.1) is 11.9 Å². The summed E-state index contributed by atoms with van der Waals surface area (Å²) in [5.41, 5.74) is 7.92. The summed E-state index contributed by atoms with van der Waals surface area (Å²) >= 11 is 0. The van der Waals surface area contributed by atoms with Crippen molar-refractivity contribution in [2.45, 2.75) is 40.0 Å². The molecule has 0 unspecified atom stereocenters. The molecule has 0 spiro atoms. The summed E-state index contributed by atoms with van der Waals surface area (Å²) in [6.45, 7) is 11.0. The van der Waals surface area contributed by atoms with Crippen molar-refractivity contribution in [1.29, 1.82) is 0 Å². The Labute approximate surface area is 160 Å². The van der Waals surface area contributed by atoms with E-state index in [1.165, 1.54) is 11.1 Å². The number of benzene rings is 2. The SMILES string of the molecule is Cc1cc(-c2cc3c(C)c(-c4ccccc4)oc3cn2)cc(C(C)(C)C)c1. The van der Waals surface area contributed by atoms with Gasteiger partial charge in [0.25, 0.3) is 0 Å². The molecular formula is C25H25NO. The molecular weight excluding hydrogens is 330 g/mol. The van der Waals surface area contributed by atoms with Crippen LogP contribution in [0.15, 0.2) is 65.2 Å². The minimum atomic E-state index is 0.108. The highest BCUT2D eigenvalue weighted by molar-refractivity contribution is 5.89. The van der Waals surface area contributed by atoms with E-state index in [0.29, 0.717) is 0 Å². The number of fused-ring (bicyclic) bond motifs is 1. The molecule has 136 valence electrons. The minimum Gasteiger partial charge on any atom is -0.454 e. The number of nitrogens with zero attached hydrogens (tertiary/aromatic N) is 1. The average Bonchev–Trinajstić information content (AvgIpc) is 2.97. The minimum absolute atomic E-state index is 0.108. The van der Waals surface area contributed by atoms with Crippen molar-refractivity contribution in [3.05, 3.63) is 77.5 Å². The lowest BCUT2D eigenvalue weighted by Gasteiger charge is -2.20. The highest BCUT2D eigenvalue weighted by atomic mass is 16.3. The van der Waals surface area contributed by atoms with Gasteiger partial charge in [0.2, 0.25) is 0 Å². The number of rotatable bonds is 2. The Hall–Kier alpha value is -2.87. The van der Waals surface area contributed by atoms with Gasteiger partial charge in [-0.25, -0.2) is 0 Å². The Kier molecular flexibility index (Phi) is 4.15. The molecule has 0 bridgehead atoms. The fourth-order valence-electron chi connectivity index (χ4n) is 3.51. The van der Waals surface area contributed by atoms with Gasteiger partial charge in [-0.15, -0.1) is 0 Å². The third-order valence-electron chi connectivity index (χ3n) is 5.10. The first-order valence-corrected chi connectivity index (χ1v) is 9.40. The number of hydrogen-bond donors (Lipinski definition) is 0. The number of hydrogen-bond acceptors (Lipinski definition) is 2. The Bertz CT molecular complexity index is 1110. The lowest BCUT2D eigenvalue weighted by molar-refractivity contribution is 0.590. The molecule has 0 radical (unpaired) electrons. The van der Waals surface area contributed by atoms with Crippen LogP contribution in [0.25, 0.3) is 33.6 Å². The van der Waals surface area contributed by atoms with Gasteiger partial charge >= 0.3 is 0 Å². The first-order chi connectivity index (χ1) is 12.8. The molecule has 0 aliphatic heterocycles. The molecule has 2 aromatic heterocycles. The summed E-state index contributed by atoms with van der Waals surface area (Å²) < 4.78 is 6.11. The second-order valence-corrected chi connectivity index (χ2v) is 8.33. The smallest absolute Gasteiger partial charge is 0.153 e. The first-order valence-electron chi connectivity index (χ1n) is 9.40. The number of pyridine rings is 1. The van der Waals surface area contributed by atoms with Crippen LogP contribution in [-0.4, -0.2) is 4.98 Å². The van der Waals surface area contributed by atoms with E-state index in [1.54, 1.807) is 0 Å². The molecule has 4 aromatic rings. The van der Waals surface area contributed by atoms with E-state index in [0.717, 1.165) is 39.1 Å². The highest BCUT2D eigenvalue weighted by Crippen LogP contribution is 2.35. The maximum absolute atomic E-state index is 6.11. The fourth-order valence-corrected chi connectivity index (χ4v) is 3.51. The summed E-state index contributed by atoms with van der Waals surface area (Å²) in [4.78, 5) is 4.70. The number of aryl methyl sites for hydroxylation is 2. The van der Waals surface area contributed by atoms with Crippen LogP contribution in [0.4, 0.5) is 0 Å². The van der Waals surface area contributed by atoms with Crippen LogP contribution in [0, 0.1) is 13.8 Å². The Balaban J connectivity index is 1.85. The molecule has 0 saturated heterocycles. The van der Waals surface area contributed by atoms with E-state index < -0.39 is 0 Å². The van der Waals surface area contributed by atoms with Gasteiger partial charge < -0.3 is 4.42 Å². The second kappa shape index (κ2) is 6.38. The summed E-state index contributed by atoms with van der Waals surface area (Å²) in [5, 5.41) is 1.12. The summed E-state index contributed by atoms with van der Waals surface area (Å²) in [7, 11) is 0. The predicted octanol–water partition coefficient (Wildman–Crippen LogP) is 7.08. The zero-order valence-electron chi connectivity index (χ0n) is 16.6. The molecule has 0 fully saturated rings. The van der Waals surface area contributed by atoms with Crippen molar-refractivity contribution in [3.8, 4) is 22.6 Å². The first kappa shape index (κ1) is 17.5. The molecule has 0 atom stereocenters. The Morgan fingerprint density at radius 3 is 2.30 bits per heavy atom. The van der Waals surface area contributed by atoms with Crippen LogP contribution < -0.4 is 0 Å². The molecule has 27 heavy (non-hydrogen) atoms. The molecule has 2 nitrogen and oxygen atoms in total. The van der Waals surface area contributed by atoms with Gasteiger partial charge in [0, 0.05) is 22.1 Å². The maximum atomic E-state index is 6.11. The number of furan rings is 1. The van der Waals surface area contributed by atoms with E-state index in [2.05, 4.69) is 71.0 Å². The highest BCUT2D eigenvalue weighted by Gasteiger charge is 2.17. The lowest BCUT2D eigenvalue weighted by Crippen LogP contribution is -2.11. The molecule has 0 amide bonds. The zero-order chi connectivity index (χ0) is 19.2. The number of aromatic nitrogens is 1. The lowest BCUT2D eigenvalue weighted by atomic mass is 9.85. The van der Waals surface area contributed by atoms with Crippen LogP contribution >= 0.6 is 0 Å². The molecule has 2 aromatic carbocycles. The largest absolute Gasteiger partial charge is 0.454 e. The van der Waals surface area contributed by atoms with E-state index in [9.17, 15) is 0 Å². The van der Waals surface area contributed by atoms with Crippen molar-refractivity contribution < 1.29 is 4.42 Å². The predicted molar refractivity (Wildman–Crippen MR) is 113 cm³/mol. The molecule has 0 aliphatic carbocycles. The molecule has 0 aliphatic rings. The monoisotopic (exact) mass is 355 g/mol. The van der Waals surface area contributed by atoms with Crippen LogP contribution in [-0.2, 0) is 5.41 Å². The Morgan fingerprint density at radius 2 is 1.59 bits per heavy atom. The van der Waals surface area contributed by atoms with Gasteiger partial charge in [-0.3, -0.25) is 4.98 Å². The summed E-state index contributed by atoms with van der Waals surface area (Å²) in [5.74, 6) is 0.921. The second-order valence-electron chi connectivity index (χ2n) is 8.33. The zero-order valence-corrected chi connectivity index (χ0v) is 16.6. The fraction of sp³-hybridized carbons (Fsp3) is 0.240. The third-order valence-corrected chi connectivity index (χ3v) is 5.10. The topological polar surface area (TPSA) is 26.0 Å². The van der Waals surface area contributed by atoms with Crippen molar-refractivity contribution in [2.24, 2.45) is 0 Å². The third kappa shape index (κ3) is 3.28. The molecule has 4 rings (SSSR count). The van der Waals surface area contributed by atoms with Gasteiger partial charge in [0.1, 0.15) is 5.76 Å². The van der Waals surface area contributed by atoms with Crippen molar-refractivity contribution in [2.75, 3.05) is 0 Å². The molecule has 2 heteroatoms.